The van der Waals surface area contributed by atoms with Gasteiger partial charge in [0, 0.05) is 0 Å². The third kappa shape index (κ3) is 3.75. The lowest BCUT2D eigenvalue weighted by atomic mass is 9.92. The summed E-state index contributed by atoms with van der Waals surface area (Å²) in [6, 6.07) is 13.9. The zero-order valence-electron chi connectivity index (χ0n) is 16.8. The number of hydrogen-bond acceptors (Lipinski definition) is 5. The van der Waals surface area contributed by atoms with Gasteiger partial charge in [0.25, 0.3) is 5.56 Å². The largest absolute Gasteiger partial charge is 0.388 e. The number of fused-ring (bicyclic) bond motifs is 1. The van der Waals surface area contributed by atoms with E-state index in [1.165, 1.54) is 29.2 Å². The summed E-state index contributed by atoms with van der Waals surface area (Å²) < 4.78 is 16.2. The van der Waals surface area contributed by atoms with Gasteiger partial charge in [0.05, 0.1) is 24.0 Å². The Morgan fingerprint density at radius 1 is 1.03 bits per heavy atom. The van der Waals surface area contributed by atoms with Crippen molar-refractivity contribution >= 4 is 11.0 Å². The molecule has 0 atom stereocenters. The highest BCUT2D eigenvalue weighted by Crippen LogP contribution is 2.23. The van der Waals surface area contributed by atoms with Crippen LogP contribution in [-0.4, -0.2) is 43.1 Å². The molecule has 1 aliphatic rings. The highest BCUT2D eigenvalue weighted by atomic mass is 19.1. The minimum atomic E-state index is -0.906. The zero-order valence-corrected chi connectivity index (χ0v) is 16.8. The average molecular weight is 419 g/mol. The van der Waals surface area contributed by atoms with Crippen molar-refractivity contribution in [3.05, 3.63) is 77.2 Å². The maximum Gasteiger partial charge on any atom is 0.264 e. The van der Waals surface area contributed by atoms with Crippen LogP contribution < -0.4 is 10.9 Å². The summed E-state index contributed by atoms with van der Waals surface area (Å²) in [6.45, 7) is 1.67. The Bertz CT molecular complexity index is 1270. The Labute approximate surface area is 177 Å². The van der Waals surface area contributed by atoms with Gasteiger partial charge in [0.1, 0.15) is 17.5 Å². The molecule has 3 heterocycles. The number of aliphatic hydroxyl groups is 1. The molecule has 4 aromatic rings. The van der Waals surface area contributed by atoms with Gasteiger partial charge in [0.15, 0.2) is 5.65 Å². The van der Waals surface area contributed by atoms with Crippen LogP contribution in [0.25, 0.3) is 27.8 Å². The van der Waals surface area contributed by atoms with Gasteiger partial charge in [-0.1, -0.05) is 24.3 Å². The van der Waals surface area contributed by atoms with Crippen molar-refractivity contribution in [2.45, 2.75) is 25.0 Å². The van der Waals surface area contributed by atoms with E-state index >= 15 is 0 Å². The molecule has 2 N–H and O–H groups in total. The third-order valence-corrected chi connectivity index (χ3v) is 5.84. The molecule has 0 unspecified atom stereocenters. The summed E-state index contributed by atoms with van der Waals surface area (Å²) in [6.07, 6.45) is 4.19. The molecule has 5 rings (SSSR count). The van der Waals surface area contributed by atoms with Crippen LogP contribution in [0.15, 0.2) is 65.8 Å². The predicted octanol–water partition coefficient (Wildman–Crippen LogP) is 2.50. The van der Waals surface area contributed by atoms with Crippen LogP contribution >= 0.6 is 0 Å². The first-order valence-corrected chi connectivity index (χ1v) is 10.3. The maximum atomic E-state index is 13.2. The number of rotatable bonds is 4. The number of benzene rings is 2. The summed E-state index contributed by atoms with van der Waals surface area (Å²) in [5.41, 5.74) is 1.97. The highest BCUT2D eigenvalue weighted by molar-refractivity contribution is 5.75. The topological polar surface area (TPSA) is 85.0 Å². The van der Waals surface area contributed by atoms with E-state index in [-0.39, 0.29) is 17.9 Å². The van der Waals surface area contributed by atoms with Crippen LogP contribution in [0, 0.1) is 5.82 Å². The van der Waals surface area contributed by atoms with Gasteiger partial charge in [0.2, 0.25) is 0 Å². The molecular weight excluding hydrogens is 397 g/mol. The lowest BCUT2D eigenvalue weighted by molar-refractivity contribution is -0.00628. The summed E-state index contributed by atoms with van der Waals surface area (Å²) >= 11 is 0. The summed E-state index contributed by atoms with van der Waals surface area (Å²) in [4.78, 5) is 17.4. The number of halogens is 1. The number of piperidine rings is 1. The van der Waals surface area contributed by atoms with E-state index in [2.05, 4.69) is 15.4 Å². The maximum absolute atomic E-state index is 13.2. The molecule has 1 saturated heterocycles. The average Bonchev–Trinajstić information content (AvgIpc) is 3.22. The first-order valence-electron chi connectivity index (χ1n) is 10.3. The molecule has 0 radical (unpaired) electrons. The van der Waals surface area contributed by atoms with Gasteiger partial charge in [-0.05, 0) is 61.3 Å². The molecule has 0 aliphatic carbocycles. The second-order valence-corrected chi connectivity index (χ2v) is 8.00. The first-order chi connectivity index (χ1) is 15.0. The van der Waals surface area contributed by atoms with Gasteiger partial charge in [-0.3, -0.25) is 9.36 Å². The number of nitrogens with zero attached hydrogens (tertiary/aromatic N) is 4. The standard InChI is InChI=1S/C23H22FN5O2/c24-18-5-1-16(2-6-18)17-3-7-19(8-4-17)29-21-20(13-27-29)22(30)28(15-26-21)14-23(31)9-11-25-12-10-23/h1-8,13,15,25,31H,9-12,14H2. The Balaban J connectivity index is 1.45. The Morgan fingerprint density at radius 3 is 2.35 bits per heavy atom. The number of nitrogens with one attached hydrogen (secondary N) is 1. The van der Waals surface area contributed by atoms with Gasteiger partial charge in [-0.2, -0.15) is 5.10 Å². The Morgan fingerprint density at radius 2 is 1.68 bits per heavy atom. The summed E-state index contributed by atoms with van der Waals surface area (Å²) in [5.74, 6) is -0.271. The molecule has 31 heavy (non-hydrogen) atoms. The van der Waals surface area contributed by atoms with Gasteiger partial charge >= 0.3 is 0 Å². The number of hydrogen-bond donors (Lipinski definition) is 2. The number of aromatic nitrogens is 4. The lowest BCUT2D eigenvalue weighted by Gasteiger charge is -2.32. The fraction of sp³-hybridized carbons (Fsp3) is 0.261. The van der Waals surface area contributed by atoms with E-state index in [1.54, 1.807) is 16.8 Å². The summed E-state index contributed by atoms with van der Waals surface area (Å²) in [5, 5.41) is 18.8. The molecule has 0 amide bonds. The van der Waals surface area contributed by atoms with Crippen molar-refractivity contribution in [2.24, 2.45) is 0 Å². The van der Waals surface area contributed by atoms with Crippen molar-refractivity contribution in [1.29, 1.82) is 0 Å². The van der Waals surface area contributed by atoms with E-state index in [4.69, 9.17) is 0 Å². The molecule has 2 aromatic carbocycles. The quantitative estimate of drug-likeness (QED) is 0.531. The van der Waals surface area contributed by atoms with Gasteiger partial charge in [-0.15, -0.1) is 0 Å². The predicted molar refractivity (Wildman–Crippen MR) is 116 cm³/mol. The Kier molecular flexibility index (Phi) is 4.88. The Hall–Kier alpha value is -3.36. The summed E-state index contributed by atoms with van der Waals surface area (Å²) in [7, 11) is 0. The van der Waals surface area contributed by atoms with E-state index in [0.29, 0.717) is 23.9 Å². The van der Waals surface area contributed by atoms with E-state index < -0.39 is 5.60 Å². The normalized spacial score (nSPS) is 15.9. The fourth-order valence-corrected chi connectivity index (χ4v) is 4.05. The van der Waals surface area contributed by atoms with E-state index in [9.17, 15) is 14.3 Å². The zero-order chi connectivity index (χ0) is 21.4. The molecule has 158 valence electrons. The SMILES string of the molecule is O=c1c2cnn(-c3ccc(-c4ccc(F)cc4)cc3)c2ncn1CC1(O)CCNCC1. The molecule has 0 spiro atoms. The highest BCUT2D eigenvalue weighted by Gasteiger charge is 2.30. The van der Waals surface area contributed by atoms with Crippen LogP contribution in [0.5, 0.6) is 0 Å². The van der Waals surface area contributed by atoms with Crippen molar-refractivity contribution in [2.75, 3.05) is 13.1 Å². The molecule has 1 aliphatic heterocycles. The second-order valence-electron chi connectivity index (χ2n) is 8.00. The van der Waals surface area contributed by atoms with Gasteiger partial charge in [-0.25, -0.2) is 14.1 Å². The van der Waals surface area contributed by atoms with Crippen molar-refractivity contribution in [3.63, 3.8) is 0 Å². The van der Waals surface area contributed by atoms with Gasteiger partial charge < -0.3 is 10.4 Å². The molecule has 0 saturated carbocycles. The van der Waals surface area contributed by atoms with Crippen molar-refractivity contribution in [1.82, 2.24) is 24.6 Å². The molecule has 0 bridgehead atoms. The van der Waals surface area contributed by atoms with Crippen LogP contribution in [0.1, 0.15) is 12.8 Å². The lowest BCUT2D eigenvalue weighted by Crippen LogP contribution is -2.46. The van der Waals surface area contributed by atoms with Crippen LogP contribution in [0.3, 0.4) is 0 Å². The smallest absolute Gasteiger partial charge is 0.264 e. The molecule has 1 fully saturated rings. The van der Waals surface area contributed by atoms with Crippen LogP contribution in [-0.2, 0) is 6.54 Å². The molecular formula is C23H22FN5O2. The van der Waals surface area contributed by atoms with E-state index in [1.807, 2.05) is 24.3 Å². The fourth-order valence-electron chi connectivity index (χ4n) is 4.05. The van der Waals surface area contributed by atoms with Crippen molar-refractivity contribution < 1.29 is 9.50 Å². The van der Waals surface area contributed by atoms with E-state index in [0.717, 1.165) is 29.9 Å². The van der Waals surface area contributed by atoms with Crippen LogP contribution in [0.2, 0.25) is 0 Å². The van der Waals surface area contributed by atoms with Crippen LogP contribution in [0.4, 0.5) is 4.39 Å². The third-order valence-electron chi connectivity index (χ3n) is 5.84. The minimum Gasteiger partial charge on any atom is -0.388 e. The molecule has 7 nitrogen and oxygen atoms in total. The monoisotopic (exact) mass is 419 g/mol. The molecule has 2 aromatic heterocycles. The minimum absolute atomic E-state index is 0.216. The molecule has 8 heteroatoms. The van der Waals surface area contributed by atoms with Crippen molar-refractivity contribution in [3.8, 4) is 16.8 Å². The first kappa shape index (κ1) is 19.6. The second kappa shape index (κ2) is 7.72.